The van der Waals surface area contributed by atoms with Gasteiger partial charge < -0.3 is 10.2 Å². The predicted molar refractivity (Wildman–Crippen MR) is 99.2 cm³/mol. The summed E-state index contributed by atoms with van der Waals surface area (Å²) in [6, 6.07) is 16.8. The van der Waals surface area contributed by atoms with Crippen molar-refractivity contribution in [2.45, 2.75) is 6.54 Å². The van der Waals surface area contributed by atoms with Crippen molar-refractivity contribution >= 4 is 11.8 Å². The van der Waals surface area contributed by atoms with Crippen molar-refractivity contribution < 1.29 is 9.59 Å². The van der Waals surface area contributed by atoms with Crippen LogP contribution in [0.4, 0.5) is 0 Å². The van der Waals surface area contributed by atoms with E-state index in [9.17, 15) is 9.59 Å². The van der Waals surface area contributed by atoms with Crippen LogP contribution in [0, 0.1) is 0 Å². The van der Waals surface area contributed by atoms with Crippen LogP contribution in [0.3, 0.4) is 0 Å². The number of carbonyl (C=O) groups is 2. The maximum atomic E-state index is 12.6. The smallest absolute Gasteiger partial charge is 0.257 e. The van der Waals surface area contributed by atoms with Gasteiger partial charge in [0, 0.05) is 32.4 Å². The van der Waals surface area contributed by atoms with Crippen LogP contribution < -0.4 is 5.32 Å². The van der Waals surface area contributed by atoms with Crippen LogP contribution in [0.2, 0.25) is 0 Å². The average molecular weight is 348 g/mol. The molecule has 0 unspecified atom stereocenters. The Morgan fingerprint density at radius 3 is 2.38 bits per heavy atom. The van der Waals surface area contributed by atoms with Crippen LogP contribution in [0.25, 0.3) is 5.69 Å². The fourth-order valence-electron chi connectivity index (χ4n) is 2.63. The zero-order valence-electron chi connectivity index (χ0n) is 14.7. The lowest BCUT2D eigenvalue weighted by Gasteiger charge is -2.16. The molecule has 0 aliphatic rings. The summed E-state index contributed by atoms with van der Waals surface area (Å²) in [7, 11) is 3.34. The van der Waals surface area contributed by atoms with Crippen LogP contribution in [0.1, 0.15) is 26.3 Å². The van der Waals surface area contributed by atoms with E-state index in [2.05, 4.69) is 10.4 Å². The van der Waals surface area contributed by atoms with Gasteiger partial charge >= 0.3 is 0 Å². The standard InChI is InChI=1S/C20H20N4O2/c1-21-19(25)16-10-8-15(9-11-16)13-23(2)20(26)17-12-22-24(14-17)18-6-4-3-5-7-18/h3-12,14H,13H2,1-2H3,(H,21,25). The number of aromatic nitrogens is 2. The largest absolute Gasteiger partial charge is 0.355 e. The van der Waals surface area contributed by atoms with Crippen molar-refractivity contribution in [2.75, 3.05) is 14.1 Å². The molecule has 6 nitrogen and oxygen atoms in total. The van der Waals surface area contributed by atoms with Crippen LogP contribution in [-0.2, 0) is 6.54 Å². The van der Waals surface area contributed by atoms with E-state index in [1.165, 1.54) is 0 Å². The molecule has 6 heteroatoms. The number of nitrogens with zero attached hydrogens (tertiary/aromatic N) is 3. The monoisotopic (exact) mass is 348 g/mol. The van der Waals surface area contributed by atoms with Crippen molar-refractivity contribution in [3.8, 4) is 5.69 Å². The molecule has 0 radical (unpaired) electrons. The second kappa shape index (κ2) is 7.65. The van der Waals surface area contributed by atoms with Gasteiger partial charge in [0.25, 0.3) is 11.8 Å². The summed E-state index contributed by atoms with van der Waals surface area (Å²) in [5.74, 6) is -0.239. The Bertz CT molecular complexity index is 901. The Balaban J connectivity index is 1.68. The minimum Gasteiger partial charge on any atom is -0.355 e. The summed E-state index contributed by atoms with van der Waals surface area (Å²) in [6.07, 6.45) is 3.30. The number of rotatable bonds is 5. The lowest BCUT2D eigenvalue weighted by molar-refractivity contribution is 0.0784. The number of para-hydroxylation sites is 1. The highest BCUT2D eigenvalue weighted by molar-refractivity contribution is 5.94. The SMILES string of the molecule is CNC(=O)c1ccc(CN(C)C(=O)c2cnn(-c3ccccc3)c2)cc1. The third kappa shape index (κ3) is 3.80. The van der Waals surface area contributed by atoms with Gasteiger partial charge in [0.05, 0.1) is 17.4 Å². The fraction of sp³-hybridized carbons (Fsp3) is 0.150. The van der Waals surface area contributed by atoms with Gasteiger partial charge in [0.15, 0.2) is 0 Å². The molecule has 0 fully saturated rings. The van der Waals surface area contributed by atoms with Gasteiger partial charge in [-0.15, -0.1) is 0 Å². The molecule has 1 aromatic heterocycles. The molecule has 0 bridgehead atoms. The molecule has 0 atom stereocenters. The molecule has 3 aromatic rings. The highest BCUT2D eigenvalue weighted by Gasteiger charge is 2.15. The van der Waals surface area contributed by atoms with Crippen LogP contribution >= 0.6 is 0 Å². The van der Waals surface area contributed by atoms with E-state index in [-0.39, 0.29) is 11.8 Å². The highest BCUT2D eigenvalue weighted by Crippen LogP contribution is 2.12. The van der Waals surface area contributed by atoms with Gasteiger partial charge in [-0.1, -0.05) is 30.3 Å². The molecule has 26 heavy (non-hydrogen) atoms. The topological polar surface area (TPSA) is 67.2 Å². The predicted octanol–water partition coefficient (Wildman–Crippen LogP) is 2.50. The summed E-state index contributed by atoms with van der Waals surface area (Å²) in [5, 5.41) is 6.85. The fourth-order valence-corrected chi connectivity index (χ4v) is 2.63. The Kier molecular flexibility index (Phi) is 5.12. The molecular weight excluding hydrogens is 328 g/mol. The maximum Gasteiger partial charge on any atom is 0.257 e. The minimum atomic E-state index is -0.130. The third-order valence-corrected chi connectivity index (χ3v) is 4.06. The van der Waals surface area contributed by atoms with Crippen molar-refractivity contribution in [1.82, 2.24) is 20.0 Å². The number of amides is 2. The number of hydrogen-bond donors (Lipinski definition) is 1. The first-order chi connectivity index (χ1) is 12.6. The molecule has 2 amide bonds. The van der Waals surface area contributed by atoms with Crippen molar-refractivity contribution in [1.29, 1.82) is 0 Å². The Morgan fingerprint density at radius 1 is 1.04 bits per heavy atom. The molecule has 2 aromatic carbocycles. The summed E-state index contributed by atoms with van der Waals surface area (Å²) in [6.45, 7) is 0.448. The first kappa shape index (κ1) is 17.4. The number of hydrogen-bond acceptors (Lipinski definition) is 3. The lowest BCUT2D eigenvalue weighted by atomic mass is 10.1. The van der Waals surface area contributed by atoms with Crippen LogP contribution in [0.15, 0.2) is 67.0 Å². The first-order valence-corrected chi connectivity index (χ1v) is 8.25. The molecule has 3 rings (SSSR count). The summed E-state index contributed by atoms with van der Waals surface area (Å²) >= 11 is 0. The zero-order valence-corrected chi connectivity index (χ0v) is 14.7. The molecule has 1 N–H and O–H groups in total. The van der Waals surface area contributed by atoms with E-state index in [0.29, 0.717) is 17.7 Å². The van der Waals surface area contributed by atoms with Crippen LogP contribution in [0.5, 0.6) is 0 Å². The van der Waals surface area contributed by atoms with Gasteiger partial charge in [0.1, 0.15) is 0 Å². The number of nitrogens with one attached hydrogen (secondary N) is 1. The molecule has 0 spiro atoms. The lowest BCUT2D eigenvalue weighted by Crippen LogP contribution is -2.26. The van der Waals surface area contributed by atoms with E-state index < -0.39 is 0 Å². The van der Waals surface area contributed by atoms with Crippen molar-refractivity contribution in [3.05, 3.63) is 83.7 Å². The average Bonchev–Trinajstić information content (AvgIpc) is 3.18. The summed E-state index contributed by atoms with van der Waals surface area (Å²) in [4.78, 5) is 25.8. The molecule has 0 aliphatic carbocycles. The highest BCUT2D eigenvalue weighted by atomic mass is 16.2. The second-order valence-corrected chi connectivity index (χ2v) is 5.95. The molecule has 0 saturated carbocycles. The third-order valence-electron chi connectivity index (χ3n) is 4.06. The summed E-state index contributed by atoms with van der Waals surface area (Å²) < 4.78 is 1.68. The van der Waals surface area contributed by atoms with Gasteiger partial charge in [-0.2, -0.15) is 5.10 Å². The van der Waals surface area contributed by atoms with E-state index >= 15 is 0 Å². The van der Waals surface area contributed by atoms with Crippen molar-refractivity contribution in [2.24, 2.45) is 0 Å². The maximum absolute atomic E-state index is 12.6. The van der Waals surface area contributed by atoms with Gasteiger partial charge in [-0.05, 0) is 29.8 Å². The first-order valence-electron chi connectivity index (χ1n) is 8.25. The van der Waals surface area contributed by atoms with E-state index in [0.717, 1.165) is 11.3 Å². The van der Waals surface area contributed by atoms with Gasteiger partial charge in [0.2, 0.25) is 0 Å². The van der Waals surface area contributed by atoms with Crippen LogP contribution in [-0.4, -0.2) is 40.6 Å². The van der Waals surface area contributed by atoms with E-state index in [1.54, 1.807) is 48.2 Å². The Morgan fingerprint density at radius 2 is 1.73 bits per heavy atom. The van der Waals surface area contributed by atoms with Crippen molar-refractivity contribution in [3.63, 3.8) is 0 Å². The molecule has 1 heterocycles. The quantitative estimate of drug-likeness (QED) is 0.770. The van der Waals surface area contributed by atoms with Gasteiger partial charge in [-0.25, -0.2) is 4.68 Å². The molecule has 132 valence electrons. The molecule has 0 aliphatic heterocycles. The normalized spacial score (nSPS) is 10.4. The second-order valence-electron chi connectivity index (χ2n) is 5.95. The zero-order chi connectivity index (χ0) is 18.5. The Hall–Kier alpha value is -3.41. The summed E-state index contributed by atoms with van der Waals surface area (Å²) in [5.41, 5.74) is 2.97. The number of carbonyl (C=O) groups excluding carboxylic acids is 2. The molecule has 0 saturated heterocycles. The van der Waals surface area contributed by atoms with E-state index in [1.807, 2.05) is 42.5 Å². The van der Waals surface area contributed by atoms with Gasteiger partial charge in [-0.3, -0.25) is 9.59 Å². The van der Waals surface area contributed by atoms with E-state index in [4.69, 9.17) is 0 Å². The Labute approximate surface area is 152 Å². The molecular formula is C20H20N4O2. The number of benzene rings is 2. The minimum absolute atomic E-state index is 0.109.